The molecule has 496 valence electrons. The minimum absolute atomic E-state index is 0. The van der Waals surface area contributed by atoms with Gasteiger partial charge in [-0.1, -0.05) is 79.4 Å². The van der Waals surface area contributed by atoms with Gasteiger partial charge in [-0.25, -0.2) is 9.97 Å². The van der Waals surface area contributed by atoms with Crippen molar-refractivity contribution in [1.29, 1.82) is 0 Å². The molecule has 12 rings (SSSR count). The molecule has 6 aliphatic rings. The van der Waals surface area contributed by atoms with E-state index in [0.717, 1.165) is 111 Å². The number of ether oxygens (including phenoxy) is 9. The molecule has 3 saturated carbocycles. The van der Waals surface area contributed by atoms with Crippen LogP contribution in [0.4, 0.5) is 32.2 Å². The van der Waals surface area contributed by atoms with Gasteiger partial charge in [-0.05, 0) is 142 Å². The lowest BCUT2D eigenvalue weighted by Crippen LogP contribution is -2.54. The summed E-state index contributed by atoms with van der Waals surface area (Å²) in [6.07, 6.45) is 4.32. The summed E-state index contributed by atoms with van der Waals surface area (Å²) in [5.74, 6) is 8.15. The predicted molar refractivity (Wildman–Crippen MR) is 339 cm³/mol. The normalized spacial score (nSPS) is 23.5. The number of piperidine rings is 3. The Hall–Kier alpha value is -6.55. The molecule has 1 N–H and O–H groups in total. The summed E-state index contributed by atoms with van der Waals surface area (Å²) in [5.41, 5.74) is 3.28. The van der Waals surface area contributed by atoms with Crippen molar-refractivity contribution in [2.75, 3.05) is 85.9 Å². The van der Waals surface area contributed by atoms with Crippen LogP contribution in [0.5, 0.6) is 34.5 Å². The van der Waals surface area contributed by atoms with E-state index in [1.807, 2.05) is 49.4 Å². The number of methoxy groups -OCH3 is 3. The van der Waals surface area contributed by atoms with Crippen LogP contribution < -0.4 is 38.6 Å². The summed E-state index contributed by atoms with van der Waals surface area (Å²) < 4.78 is 126. The van der Waals surface area contributed by atoms with Crippen LogP contribution in [-0.4, -0.2) is 114 Å². The molecule has 6 bridgehead atoms. The number of fused-ring (bicyclic) bond motifs is 6. The van der Waals surface area contributed by atoms with Crippen LogP contribution >= 0.6 is 11.6 Å². The lowest BCUT2D eigenvalue weighted by molar-refractivity contribution is -0.138. The van der Waals surface area contributed by atoms with Gasteiger partial charge in [-0.3, -0.25) is 4.90 Å². The summed E-state index contributed by atoms with van der Waals surface area (Å²) in [6.45, 7) is 13.6. The molecule has 6 aromatic rings. The first-order valence-corrected chi connectivity index (χ1v) is 31.8. The maximum atomic E-state index is 12.9. The molecule has 6 fully saturated rings. The van der Waals surface area contributed by atoms with E-state index in [9.17, 15) is 26.3 Å². The Morgan fingerprint density at radius 1 is 0.484 bits per heavy atom. The number of alkyl halides is 6. The Bertz CT molecular complexity index is 3150. The average molecular weight is 1290 g/mol. The Kier molecular flexibility index (Phi) is 24.8. The summed E-state index contributed by atoms with van der Waals surface area (Å²) in [4.78, 5) is 12.1. The van der Waals surface area contributed by atoms with Gasteiger partial charge in [0.2, 0.25) is 0 Å². The first kappa shape index (κ1) is 68.8. The van der Waals surface area contributed by atoms with Crippen LogP contribution in [-0.2, 0) is 33.1 Å². The van der Waals surface area contributed by atoms with E-state index in [1.54, 1.807) is 21.3 Å². The second-order valence-corrected chi connectivity index (χ2v) is 25.0. The summed E-state index contributed by atoms with van der Waals surface area (Å²) in [5, 5.41) is 3.58. The van der Waals surface area contributed by atoms with Gasteiger partial charge in [0.25, 0.3) is 0 Å². The number of pyridine rings is 2. The fraction of sp³-hybridized carbons (Fsp3) is 0.514. The van der Waals surface area contributed by atoms with E-state index in [4.69, 9.17) is 54.2 Å². The molecule has 3 aliphatic carbocycles. The fourth-order valence-electron chi connectivity index (χ4n) is 13.4. The Morgan fingerprint density at radius 3 is 1.26 bits per heavy atom. The zero-order valence-electron chi connectivity index (χ0n) is 52.8. The first-order chi connectivity index (χ1) is 43.8. The van der Waals surface area contributed by atoms with Crippen LogP contribution in [0, 0.1) is 56.3 Å². The number of hydrogen-bond acceptors (Lipinski definition) is 14. The molecule has 14 nitrogen and oxygen atoms in total. The van der Waals surface area contributed by atoms with Gasteiger partial charge in [0.1, 0.15) is 29.3 Å². The number of aromatic nitrogens is 2. The van der Waals surface area contributed by atoms with E-state index in [-0.39, 0.29) is 51.0 Å². The van der Waals surface area contributed by atoms with Crippen LogP contribution in [0.2, 0.25) is 5.15 Å². The number of hydrogen-bond donors (Lipinski definition) is 1. The fourth-order valence-corrected chi connectivity index (χ4v) is 13.5. The second-order valence-electron chi connectivity index (χ2n) is 24.6. The van der Waals surface area contributed by atoms with Gasteiger partial charge in [0.05, 0.1) is 11.1 Å². The monoisotopic (exact) mass is 1290 g/mol. The molecule has 9 atom stereocenters. The Labute approximate surface area is 537 Å². The van der Waals surface area contributed by atoms with E-state index >= 15 is 0 Å². The van der Waals surface area contributed by atoms with Crippen molar-refractivity contribution in [2.24, 2.45) is 35.5 Å². The van der Waals surface area contributed by atoms with E-state index in [2.05, 4.69) is 81.4 Å². The third kappa shape index (κ3) is 19.5. The van der Waals surface area contributed by atoms with Crippen molar-refractivity contribution in [3.63, 3.8) is 0 Å². The number of nitrogens with zero attached hydrogens (tertiary/aromatic N) is 4. The SMILES string of the molecule is COCOc1cc(C)ccc1OC1[C@@H]2CCC[C@H]1CN(Cc1ccccc1)C2.COCOc1cc(C)ccc1OC1[C@@H]2CCC[C@H]1CN(c1ccc(C(F)(F)F)cn1)C2.COCOc1cc(C)ccc1OC1[C@@H]2CCC[C@H]1CNC2.FC(F)(F)c1ccc(Cl)nc1.[HH]. The van der Waals surface area contributed by atoms with Crippen LogP contribution in [0.1, 0.15) is 92.6 Å². The molecule has 0 spiro atoms. The predicted octanol–water partition coefficient (Wildman–Crippen LogP) is 15.5. The topological polar surface area (TPSA) is 127 Å². The largest absolute Gasteiger partial charge is 0.486 e. The number of benzene rings is 4. The molecular weight excluding hydrogens is 1200 g/mol. The molecule has 3 saturated heterocycles. The van der Waals surface area contributed by atoms with Crippen molar-refractivity contribution in [3.05, 3.63) is 160 Å². The highest BCUT2D eigenvalue weighted by atomic mass is 35.5. The zero-order chi connectivity index (χ0) is 64.5. The Morgan fingerprint density at radius 2 is 0.879 bits per heavy atom. The second kappa shape index (κ2) is 32.8. The van der Waals surface area contributed by atoms with E-state index in [1.165, 1.54) is 55.7 Å². The first-order valence-electron chi connectivity index (χ1n) is 31.5. The smallest absolute Gasteiger partial charge is 0.417 e. The van der Waals surface area contributed by atoms with Crippen molar-refractivity contribution in [1.82, 2.24) is 20.2 Å². The summed E-state index contributed by atoms with van der Waals surface area (Å²) in [7, 11) is 4.85. The molecule has 2 aromatic heterocycles. The van der Waals surface area contributed by atoms with E-state index < -0.39 is 23.5 Å². The minimum Gasteiger partial charge on any atom is -0.486 e. The van der Waals surface area contributed by atoms with Gasteiger partial charge in [0.15, 0.2) is 54.9 Å². The average Bonchev–Trinajstić information content (AvgIpc) is 0.927. The maximum Gasteiger partial charge on any atom is 0.417 e. The number of likely N-dealkylation sites (tertiary alicyclic amines) is 1. The molecule has 5 heterocycles. The molecule has 21 heteroatoms. The quantitative estimate of drug-likeness (QED) is 0.0498. The minimum atomic E-state index is -4.38. The molecule has 0 radical (unpaired) electrons. The third-order valence-corrected chi connectivity index (χ3v) is 18.0. The highest BCUT2D eigenvalue weighted by molar-refractivity contribution is 6.29. The van der Waals surface area contributed by atoms with Gasteiger partial charge in [-0.2, -0.15) is 26.3 Å². The van der Waals surface area contributed by atoms with Crippen LogP contribution in [0.15, 0.2) is 122 Å². The number of halogens is 7. The molecule has 91 heavy (non-hydrogen) atoms. The van der Waals surface area contributed by atoms with E-state index in [0.29, 0.717) is 66.4 Å². The van der Waals surface area contributed by atoms with Crippen LogP contribution in [0.25, 0.3) is 0 Å². The number of nitrogens with one attached hydrogen (secondary N) is 1. The summed E-state index contributed by atoms with van der Waals surface area (Å²) in [6, 6.07) is 33.5. The summed E-state index contributed by atoms with van der Waals surface area (Å²) >= 11 is 5.28. The Balaban J connectivity index is 0.000000165. The molecular formula is C70H88ClF6N5O9. The van der Waals surface area contributed by atoms with Crippen molar-refractivity contribution in [2.45, 2.75) is 116 Å². The standard InChI is InChI=1S/C24H31NO3.C23H27F3N2O3.C17H25NO3.C6H3ClF3N.H2/c1-18-11-12-22(23(13-18)27-17-26-2)28-24-20-9-6-10-21(24)16-25(15-20)14-19-7-4-3-5-8-19;1-15-6-8-19(20(10-15)30-14-29-2)31-22-16-4-3-5-17(22)13-28(12-16)21-9-7-18(11-27-21)23(24,25)26;1-12-6-7-15(16(8-12)20-11-19-2)21-17-13-4-3-5-14(17)10-18-9-13;7-5-2-1-4(3-11-5)6(8,9)10;/h3-5,7-8,11-13,20-21,24H,6,9-10,14-17H2,1-2H3;6-11,16-17,22H,3-5,12-14H2,1-2H3;6-8,13-14,17-18H,3-5,9-11H2,1-2H3;1-3H;1H/t20-,21+,24?;16-,17+,22?;13-,14+,17?;;. The highest BCUT2D eigenvalue weighted by Gasteiger charge is 2.44. The van der Waals surface area contributed by atoms with Gasteiger partial charge in [-0.15, -0.1) is 0 Å². The van der Waals surface area contributed by atoms with Crippen molar-refractivity contribution >= 4 is 17.4 Å². The highest BCUT2D eigenvalue weighted by Crippen LogP contribution is 2.44. The number of anilines is 1. The van der Waals surface area contributed by atoms with Crippen molar-refractivity contribution in [3.8, 4) is 34.5 Å². The maximum absolute atomic E-state index is 12.9. The van der Waals surface area contributed by atoms with Gasteiger partial charge in [0, 0.05) is 116 Å². The van der Waals surface area contributed by atoms with Crippen LogP contribution in [0.3, 0.4) is 0 Å². The molecule has 3 unspecified atom stereocenters. The molecule has 0 amide bonds. The zero-order valence-corrected chi connectivity index (χ0v) is 53.5. The number of rotatable bonds is 18. The molecule has 4 aromatic carbocycles. The molecule has 3 aliphatic heterocycles. The lowest BCUT2D eigenvalue weighted by Gasteiger charge is -2.47. The number of aryl methyl sites for hydroxylation is 3. The van der Waals surface area contributed by atoms with Gasteiger partial charge >= 0.3 is 12.4 Å². The third-order valence-electron chi connectivity index (χ3n) is 17.7. The lowest BCUT2D eigenvalue weighted by atomic mass is 9.75. The van der Waals surface area contributed by atoms with Crippen molar-refractivity contribution < 1.29 is 70.4 Å². The van der Waals surface area contributed by atoms with Gasteiger partial charge < -0.3 is 52.8 Å².